The van der Waals surface area contributed by atoms with Crippen LogP contribution in [0.1, 0.15) is 5.56 Å². The molecule has 0 heterocycles. The van der Waals surface area contributed by atoms with Crippen molar-refractivity contribution in [3.63, 3.8) is 0 Å². The molecule has 0 saturated heterocycles. The van der Waals surface area contributed by atoms with Crippen LogP contribution in [0.3, 0.4) is 0 Å². The van der Waals surface area contributed by atoms with Crippen LogP contribution in [0.15, 0.2) is 29.2 Å². The largest absolute Gasteiger partial charge is 0.418 e. The second kappa shape index (κ2) is 6.72. The van der Waals surface area contributed by atoms with Crippen LogP contribution in [0.4, 0.5) is 26.3 Å². The zero-order chi connectivity index (χ0) is 19.9. The first-order chi connectivity index (χ1) is 11.0. The van der Waals surface area contributed by atoms with Gasteiger partial charge in [-0.15, -0.1) is 0 Å². The van der Waals surface area contributed by atoms with Crippen molar-refractivity contribution in [3.8, 4) is 0 Å². The molecule has 0 N–H and O–H groups in total. The van der Waals surface area contributed by atoms with Crippen LogP contribution in [-0.2, 0) is 25.0 Å². The molecule has 0 amide bonds. The molecule has 0 atom stereocenters. The van der Waals surface area contributed by atoms with E-state index in [1.54, 1.807) is 0 Å². The van der Waals surface area contributed by atoms with Crippen molar-refractivity contribution in [1.82, 2.24) is 0 Å². The van der Waals surface area contributed by atoms with Crippen LogP contribution in [-0.4, -0.2) is 45.9 Å². The molecule has 0 fully saturated rings. The second-order valence-corrected chi connectivity index (χ2v) is 9.92. The summed E-state index contributed by atoms with van der Waals surface area (Å²) in [5.41, 5.74) is 0.514. The maximum Gasteiger partial charge on any atom is 0.418 e. The van der Waals surface area contributed by atoms with Crippen molar-refractivity contribution < 1.29 is 43.2 Å². The van der Waals surface area contributed by atoms with Crippen LogP contribution in [0.25, 0.3) is 0 Å². The van der Waals surface area contributed by atoms with E-state index in [1.807, 2.05) is 0 Å². The molecule has 13 heteroatoms. The Hall–Kier alpha value is -0.820. The Balaban J connectivity index is 3.63. The molecule has 0 aliphatic carbocycles. The van der Waals surface area contributed by atoms with E-state index >= 15 is 0 Å². The van der Waals surface area contributed by atoms with E-state index in [0.29, 0.717) is 5.56 Å². The van der Waals surface area contributed by atoms with E-state index < -0.39 is 47.4 Å². The Bertz CT molecular complexity index is 812. The van der Waals surface area contributed by atoms with Gasteiger partial charge in [-0.1, -0.05) is 28.1 Å². The average Bonchev–Trinajstić information content (AvgIpc) is 2.41. The molecular formula is C12H11BrF6O4S2. The highest BCUT2D eigenvalue weighted by molar-refractivity contribution is 9.08. The summed E-state index contributed by atoms with van der Waals surface area (Å²) < 4.78 is 121. The fourth-order valence-corrected chi connectivity index (χ4v) is 6.11. The first-order valence-corrected chi connectivity index (χ1v) is 10.9. The van der Waals surface area contributed by atoms with Crippen LogP contribution in [0, 0.1) is 0 Å². The highest BCUT2D eigenvalue weighted by Crippen LogP contribution is 2.49. The third-order valence-electron chi connectivity index (χ3n) is 3.38. The molecule has 0 aromatic heterocycles. The molecule has 1 aromatic rings. The van der Waals surface area contributed by atoms with E-state index in [2.05, 4.69) is 15.9 Å². The molecule has 1 aromatic carbocycles. The van der Waals surface area contributed by atoms with Gasteiger partial charge >= 0.3 is 12.4 Å². The first-order valence-electron chi connectivity index (χ1n) is 6.20. The van der Waals surface area contributed by atoms with Gasteiger partial charge in [0.05, 0.1) is 10.6 Å². The van der Waals surface area contributed by atoms with Crippen LogP contribution < -0.4 is 0 Å². The van der Waals surface area contributed by atoms with Gasteiger partial charge < -0.3 is 0 Å². The van der Waals surface area contributed by atoms with E-state index in [4.69, 9.17) is 0 Å². The Morgan fingerprint density at radius 2 is 1.28 bits per heavy atom. The normalized spacial score (nSPS) is 14.6. The second-order valence-electron chi connectivity index (χ2n) is 5.13. The molecule has 0 aliphatic rings. The maximum absolute atomic E-state index is 13.2. The van der Waals surface area contributed by atoms with Crippen molar-refractivity contribution in [2.24, 2.45) is 0 Å². The Morgan fingerprint density at radius 1 is 0.880 bits per heavy atom. The number of hydrogen-bond donors (Lipinski definition) is 0. The van der Waals surface area contributed by atoms with Crippen LogP contribution in [0.2, 0.25) is 0 Å². The fraction of sp³-hybridized carbons (Fsp3) is 0.500. The monoisotopic (exact) mass is 476 g/mol. The zero-order valence-corrected chi connectivity index (χ0v) is 15.5. The summed E-state index contributed by atoms with van der Waals surface area (Å²) in [6, 6.07) is 3.97. The van der Waals surface area contributed by atoms with Gasteiger partial charge in [0, 0.05) is 11.6 Å². The number of benzene rings is 1. The van der Waals surface area contributed by atoms with Gasteiger partial charge in [0.2, 0.25) is 0 Å². The van der Waals surface area contributed by atoms with E-state index in [9.17, 15) is 43.2 Å². The van der Waals surface area contributed by atoms with Gasteiger partial charge in [-0.05, 0) is 17.7 Å². The van der Waals surface area contributed by atoms with Crippen LogP contribution in [0.5, 0.6) is 0 Å². The molecule has 1 rings (SSSR count). The average molecular weight is 477 g/mol. The SMILES string of the molecule is CS(=O)(=O)C(CS(=O)(=O)c1ccc(CBr)cc1)(C(F)(F)F)C(F)(F)F. The number of halogens is 7. The number of hydrogen-bond acceptors (Lipinski definition) is 4. The molecular weight excluding hydrogens is 466 g/mol. The van der Waals surface area contributed by atoms with E-state index in [0.717, 1.165) is 12.1 Å². The molecule has 0 bridgehead atoms. The van der Waals surface area contributed by atoms with Gasteiger partial charge in [0.25, 0.3) is 4.75 Å². The van der Waals surface area contributed by atoms with Gasteiger partial charge in [-0.25, -0.2) is 16.8 Å². The smallest absolute Gasteiger partial charge is 0.228 e. The fourth-order valence-electron chi connectivity index (χ4n) is 1.99. The topological polar surface area (TPSA) is 68.3 Å². The summed E-state index contributed by atoms with van der Waals surface area (Å²) in [5, 5.41) is 0.270. The van der Waals surface area contributed by atoms with Crippen molar-refractivity contribution in [3.05, 3.63) is 29.8 Å². The lowest BCUT2D eigenvalue weighted by Gasteiger charge is -2.35. The Kier molecular flexibility index (Phi) is 5.98. The quantitative estimate of drug-likeness (QED) is 0.483. The number of rotatable bonds is 5. The summed E-state index contributed by atoms with van der Waals surface area (Å²) in [7, 11) is -11.2. The zero-order valence-electron chi connectivity index (χ0n) is 12.3. The first kappa shape index (κ1) is 22.2. The lowest BCUT2D eigenvalue weighted by molar-refractivity contribution is -0.260. The molecule has 144 valence electrons. The molecule has 0 saturated carbocycles. The predicted molar refractivity (Wildman–Crippen MR) is 80.8 cm³/mol. The van der Waals surface area contributed by atoms with Crippen molar-refractivity contribution in [1.29, 1.82) is 0 Å². The third-order valence-corrected chi connectivity index (χ3v) is 7.89. The number of sulfone groups is 2. The van der Waals surface area contributed by atoms with Crippen molar-refractivity contribution >= 4 is 35.6 Å². The summed E-state index contributed by atoms with van der Waals surface area (Å²) >= 11 is 3.03. The summed E-state index contributed by atoms with van der Waals surface area (Å²) in [4.78, 5) is -0.848. The minimum absolute atomic E-state index is 0.270. The Labute approximate surface area is 148 Å². The predicted octanol–water partition coefficient (Wildman–Crippen LogP) is 3.26. The molecule has 0 radical (unpaired) electrons. The van der Waals surface area contributed by atoms with E-state index in [1.165, 1.54) is 12.1 Å². The van der Waals surface area contributed by atoms with E-state index in [-0.39, 0.29) is 11.6 Å². The van der Waals surface area contributed by atoms with Crippen molar-refractivity contribution in [2.45, 2.75) is 27.3 Å². The minimum atomic E-state index is -6.39. The molecule has 0 spiro atoms. The van der Waals surface area contributed by atoms with Gasteiger partial charge in [0.15, 0.2) is 19.7 Å². The molecule has 0 aliphatic heterocycles. The molecule has 4 nitrogen and oxygen atoms in total. The summed E-state index contributed by atoms with van der Waals surface area (Å²) in [5.74, 6) is -2.69. The van der Waals surface area contributed by atoms with Gasteiger partial charge in [-0.2, -0.15) is 26.3 Å². The number of alkyl halides is 7. The maximum atomic E-state index is 13.2. The standard InChI is InChI=1S/C12H11BrF6O4S2/c1-24(20,21)10(11(14,15)16,12(17,18)19)7-25(22,23)9-4-2-8(6-13)3-5-9/h2-5H,6-7H2,1H3. The molecule has 0 unspecified atom stereocenters. The minimum Gasteiger partial charge on any atom is -0.228 e. The van der Waals surface area contributed by atoms with Gasteiger partial charge in [-0.3, -0.25) is 0 Å². The lowest BCUT2D eigenvalue weighted by Crippen LogP contribution is -2.65. The van der Waals surface area contributed by atoms with Crippen LogP contribution >= 0.6 is 15.9 Å². The summed E-state index contributed by atoms with van der Waals surface area (Å²) in [6.07, 6.45) is -13.1. The molecule has 25 heavy (non-hydrogen) atoms. The third kappa shape index (κ3) is 4.13. The highest BCUT2D eigenvalue weighted by atomic mass is 79.9. The van der Waals surface area contributed by atoms with Crippen molar-refractivity contribution in [2.75, 3.05) is 12.0 Å². The van der Waals surface area contributed by atoms with Gasteiger partial charge in [0.1, 0.15) is 0 Å². The summed E-state index contributed by atoms with van der Waals surface area (Å²) in [6.45, 7) is 0. The lowest BCUT2D eigenvalue weighted by atomic mass is 10.1. The highest BCUT2D eigenvalue weighted by Gasteiger charge is 2.78. The Morgan fingerprint density at radius 3 is 1.56 bits per heavy atom.